The van der Waals surface area contributed by atoms with Crippen LogP contribution in [0.15, 0.2) is 60.7 Å². The molecule has 54 heavy (non-hydrogen) atoms. The van der Waals surface area contributed by atoms with Crippen molar-refractivity contribution in [2.24, 2.45) is 16.7 Å². The van der Waals surface area contributed by atoms with E-state index in [4.69, 9.17) is 16.3 Å². The molecule has 2 saturated heterocycles. The number of anilines is 1. The number of hydrogen-bond donors (Lipinski definition) is 2. The van der Waals surface area contributed by atoms with Crippen molar-refractivity contribution in [2.75, 3.05) is 18.0 Å². The molecule has 7 rings (SSSR count). The maximum atomic E-state index is 13.4. The van der Waals surface area contributed by atoms with Crippen LogP contribution in [0.4, 0.5) is 5.69 Å². The van der Waals surface area contributed by atoms with Gasteiger partial charge in [0.25, 0.3) is 17.7 Å². The average molecular weight is 746 g/mol. The Morgan fingerprint density at radius 2 is 1.59 bits per heavy atom. The Balaban J connectivity index is 0.923. The lowest BCUT2D eigenvalue weighted by Gasteiger charge is -2.63. The number of nitrogens with one attached hydrogen (secondary N) is 2. The summed E-state index contributed by atoms with van der Waals surface area (Å²) in [5.41, 5.74) is 2.34. The van der Waals surface area contributed by atoms with Gasteiger partial charge in [0, 0.05) is 65.2 Å². The minimum Gasteiger partial charge on any atom is -0.489 e. The molecule has 3 aliphatic heterocycles. The molecule has 1 atom stereocenters. The summed E-state index contributed by atoms with van der Waals surface area (Å²) in [6, 6.07) is 18.4. The van der Waals surface area contributed by atoms with Crippen LogP contribution in [0, 0.1) is 39.9 Å². The standard InChI is InChI=1S/C42H40ClN5O6/c1-41(2)39(42(3,4)40(41)54-29-13-11-27(23-44)32(43)22-29)46-35(50)26-9-7-24(8-10-26)5-6-25-17-19-47(20-18-25)28-12-14-30-31(21-28)38(53)48(37(30)52)33-15-16-34(49)45-36(33)51/h7-14,21-22,25,33,39-40H,15-20H2,1-4H3,(H,46,50)(H,45,49,51)/t33?,39-,40-. The molecular weight excluding hydrogens is 706 g/mol. The molecule has 4 aliphatic rings. The molecule has 3 heterocycles. The Morgan fingerprint density at radius 1 is 0.907 bits per heavy atom. The van der Waals surface area contributed by atoms with E-state index in [2.05, 4.69) is 61.1 Å². The number of carbonyl (C=O) groups is 5. The molecule has 1 unspecified atom stereocenters. The number of ether oxygens (including phenoxy) is 1. The van der Waals surface area contributed by atoms with E-state index in [1.165, 1.54) is 0 Å². The Morgan fingerprint density at radius 3 is 2.24 bits per heavy atom. The lowest BCUT2D eigenvalue weighted by Crippen LogP contribution is -2.74. The highest BCUT2D eigenvalue weighted by Crippen LogP contribution is 2.55. The van der Waals surface area contributed by atoms with Gasteiger partial charge < -0.3 is 15.0 Å². The summed E-state index contributed by atoms with van der Waals surface area (Å²) in [6.45, 7) is 9.70. The first-order valence-corrected chi connectivity index (χ1v) is 18.5. The largest absolute Gasteiger partial charge is 0.489 e. The van der Waals surface area contributed by atoms with Crippen molar-refractivity contribution < 1.29 is 28.7 Å². The topological polar surface area (TPSA) is 149 Å². The number of imide groups is 2. The summed E-state index contributed by atoms with van der Waals surface area (Å²) in [5, 5.41) is 15.0. The zero-order valence-corrected chi connectivity index (χ0v) is 31.3. The van der Waals surface area contributed by atoms with E-state index in [0.717, 1.165) is 42.1 Å². The number of amides is 5. The van der Waals surface area contributed by atoms with Crippen molar-refractivity contribution in [3.8, 4) is 23.7 Å². The molecule has 11 nitrogen and oxygen atoms in total. The summed E-state index contributed by atoms with van der Waals surface area (Å²) >= 11 is 6.22. The SMILES string of the molecule is CC1(C)[C@H](NC(=O)c2ccc(C#CC3CCN(c4ccc5c(c4)C(=O)N(C4CCC(=O)NC4=O)C5=O)CC3)cc2)C(C)(C)[C@H]1Oc1ccc(C#N)c(Cl)c1. The van der Waals surface area contributed by atoms with Crippen molar-refractivity contribution in [1.29, 1.82) is 5.26 Å². The van der Waals surface area contributed by atoms with Crippen molar-refractivity contribution in [3.05, 3.63) is 93.5 Å². The van der Waals surface area contributed by atoms with Gasteiger partial charge in [-0.3, -0.25) is 34.2 Å². The number of piperidine rings is 2. The molecule has 0 radical (unpaired) electrons. The third kappa shape index (κ3) is 6.58. The number of benzene rings is 3. The molecule has 0 aromatic heterocycles. The third-order valence-corrected chi connectivity index (χ3v) is 11.6. The monoisotopic (exact) mass is 745 g/mol. The van der Waals surface area contributed by atoms with Crippen molar-refractivity contribution in [1.82, 2.24) is 15.5 Å². The summed E-state index contributed by atoms with van der Waals surface area (Å²) < 4.78 is 6.34. The van der Waals surface area contributed by atoms with E-state index >= 15 is 0 Å². The third-order valence-electron chi connectivity index (χ3n) is 11.3. The second-order valence-corrected chi connectivity index (χ2v) is 16.0. The Kier molecular flexibility index (Phi) is 9.49. The molecule has 3 aromatic rings. The van der Waals surface area contributed by atoms with Crippen LogP contribution >= 0.6 is 11.6 Å². The van der Waals surface area contributed by atoms with Gasteiger partial charge in [0.2, 0.25) is 11.8 Å². The number of nitriles is 1. The molecule has 5 amide bonds. The van der Waals surface area contributed by atoms with Gasteiger partial charge in [-0.25, -0.2) is 0 Å². The minimum atomic E-state index is -0.995. The second kappa shape index (κ2) is 14.0. The van der Waals surface area contributed by atoms with E-state index in [9.17, 15) is 29.2 Å². The van der Waals surface area contributed by atoms with Crippen LogP contribution in [0.5, 0.6) is 5.75 Å². The zero-order chi connectivity index (χ0) is 38.5. The lowest BCUT2D eigenvalue weighted by atomic mass is 9.49. The quantitative estimate of drug-likeness (QED) is 0.249. The van der Waals surface area contributed by atoms with Gasteiger partial charge in [-0.15, -0.1) is 0 Å². The van der Waals surface area contributed by atoms with Crippen molar-refractivity contribution >= 4 is 46.8 Å². The molecule has 0 spiro atoms. The maximum Gasteiger partial charge on any atom is 0.262 e. The molecule has 1 saturated carbocycles. The molecule has 1 aliphatic carbocycles. The van der Waals surface area contributed by atoms with Crippen LogP contribution in [-0.4, -0.2) is 65.7 Å². The highest BCUT2D eigenvalue weighted by atomic mass is 35.5. The summed E-state index contributed by atoms with van der Waals surface area (Å²) in [5.74, 6) is 5.16. The predicted molar refractivity (Wildman–Crippen MR) is 201 cm³/mol. The van der Waals surface area contributed by atoms with Gasteiger partial charge in [0.05, 0.1) is 21.7 Å². The highest BCUT2D eigenvalue weighted by molar-refractivity contribution is 6.31. The van der Waals surface area contributed by atoms with Crippen LogP contribution in [0.25, 0.3) is 0 Å². The Bertz CT molecular complexity index is 2170. The van der Waals surface area contributed by atoms with Crippen LogP contribution in [0.2, 0.25) is 5.02 Å². The van der Waals surface area contributed by atoms with Gasteiger partial charge in [-0.2, -0.15) is 5.26 Å². The first-order chi connectivity index (χ1) is 25.7. The van der Waals surface area contributed by atoms with Crippen LogP contribution in [0.3, 0.4) is 0 Å². The van der Waals surface area contributed by atoms with E-state index < -0.39 is 29.7 Å². The minimum absolute atomic E-state index is 0.0747. The van der Waals surface area contributed by atoms with E-state index in [1.54, 1.807) is 42.5 Å². The fourth-order valence-electron chi connectivity index (χ4n) is 8.64. The summed E-state index contributed by atoms with van der Waals surface area (Å²) in [4.78, 5) is 66.8. The average Bonchev–Trinajstić information content (AvgIpc) is 3.40. The first kappa shape index (κ1) is 36.7. The second-order valence-electron chi connectivity index (χ2n) is 15.6. The molecule has 276 valence electrons. The molecule has 2 N–H and O–H groups in total. The van der Waals surface area contributed by atoms with Gasteiger partial charge in [0.15, 0.2) is 0 Å². The Hall–Kier alpha value is -5.65. The van der Waals surface area contributed by atoms with Gasteiger partial charge in [-0.1, -0.05) is 51.1 Å². The maximum absolute atomic E-state index is 13.4. The number of fused-ring (bicyclic) bond motifs is 1. The molecular formula is C42H40ClN5O6. The zero-order valence-electron chi connectivity index (χ0n) is 30.5. The predicted octanol–water partition coefficient (Wildman–Crippen LogP) is 5.49. The summed E-state index contributed by atoms with van der Waals surface area (Å²) in [6.07, 6.45) is 1.62. The number of halogens is 1. The van der Waals surface area contributed by atoms with Crippen molar-refractivity contribution in [2.45, 2.75) is 71.6 Å². The number of carbonyl (C=O) groups excluding carboxylic acids is 5. The molecule has 0 bridgehead atoms. The number of hydrogen-bond acceptors (Lipinski definition) is 8. The fourth-order valence-corrected chi connectivity index (χ4v) is 8.85. The van der Waals surface area contributed by atoms with Gasteiger partial charge in [0.1, 0.15) is 24.0 Å². The first-order valence-electron chi connectivity index (χ1n) is 18.1. The molecule has 3 aromatic carbocycles. The van der Waals surface area contributed by atoms with Crippen molar-refractivity contribution in [3.63, 3.8) is 0 Å². The van der Waals surface area contributed by atoms with Crippen LogP contribution in [-0.2, 0) is 9.59 Å². The van der Waals surface area contributed by atoms with E-state index in [1.807, 2.05) is 18.2 Å². The fraction of sp³-hybridized carbons (Fsp3) is 0.381. The van der Waals surface area contributed by atoms with Crippen LogP contribution in [0.1, 0.15) is 95.6 Å². The van der Waals surface area contributed by atoms with E-state index in [-0.39, 0.29) is 58.8 Å². The lowest BCUT2D eigenvalue weighted by molar-refractivity contribution is -0.164. The Labute approximate surface area is 319 Å². The van der Waals surface area contributed by atoms with Crippen LogP contribution < -0.4 is 20.3 Å². The number of rotatable bonds is 6. The van der Waals surface area contributed by atoms with E-state index in [0.29, 0.717) is 21.9 Å². The normalized spacial score (nSPS) is 23.0. The molecule has 3 fully saturated rings. The molecule has 12 heteroatoms. The smallest absolute Gasteiger partial charge is 0.262 e. The van der Waals surface area contributed by atoms with Gasteiger partial charge >= 0.3 is 0 Å². The number of nitrogens with zero attached hydrogens (tertiary/aromatic N) is 3. The highest BCUT2D eigenvalue weighted by Gasteiger charge is 2.64. The van der Waals surface area contributed by atoms with Gasteiger partial charge in [-0.05, 0) is 73.9 Å². The summed E-state index contributed by atoms with van der Waals surface area (Å²) in [7, 11) is 0.